The van der Waals surface area contributed by atoms with Crippen molar-refractivity contribution in [3.8, 4) is 5.75 Å². The minimum atomic E-state index is 0. The van der Waals surface area contributed by atoms with Crippen molar-refractivity contribution in [2.45, 2.75) is 31.4 Å². The molecule has 2 fully saturated rings. The number of nitrogens with zero attached hydrogens (tertiary/aromatic N) is 1. The van der Waals surface area contributed by atoms with Gasteiger partial charge in [0.05, 0.1) is 0 Å². The Morgan fingerprint density at radius 2 is 2.00 bits per heavy atom. The minimum absolute atomic E-state index is 0. The van der Waals surface area contributed by atoms with Crippen molar-refractivity contribution >= 4 is 30.1 Å². The maximum atomic E-state index is 12.4. The highest BCUT2D eigenvalue weighted by Gasteiger charge is 2.26. The van der Waals surface area contributed by atoms with Crippen LogP contribution in [0.15, 0.2) is 30.3 Å². The number of piperidine rings is 1. The van der Waals surface area contributed by atoms with Gasteiger partial charge in [0.25, 0.3) is 0 Å². The second-order valence-corrected chi connectivity index (χ2v) is 7.09. The number of carbonyl (C=O) groups excluding carboxylic acids is 1. The molecule has 2 saturated heterocycles. The monoisotopic (exact) mass is 356 g/mol. The van der Waals surface area contributed by atoms with Gasteiger partial charge in [0.2, 0.25) is 5.91 Å². The van der Waals surface area contributed by atoms with Gasteiger partial charge in [-0.25, -0.2) is 0 Å². The molecule has 2 heterocycles. The minimum Gasteiger partial charge on any atom is -0.490 e. The Hall–Kier alpha value is -0.910. The molecule has 0 aromatic heterocycles. The molecule has 0 saturated carbocycles. The largest absolute Gasteiger partial charge is 0.490 e. The Bertz CT molecular complexity index is 475. The van der Waals surface area contributed by atoms with E-state index in [-0.39, 0.29) is 24.4 Å². The molecule has 2 aliphatic rings. The lowest BCUT2D eigenvalue weighted by Crippen LogP contribution is -2.46. The van der Waals surface area contributed by atoms with Gasteiger partial charge in [-0.1, -0.05) is 18.2 Å². The van der Waals surface area contributed by atoms with Crippen molar-refractivity contribution in [2.24, 2.45) is 0 Å². The van der Waals surface area contributed by atoms with Gasteiger partial charge in [-0.15, -0.1) is 12.4 Å². The van der Waals surface area contributed by atoms with E-state index in [1.165, 1.54) is 0 Å². The summed E-state index contributed by atoms with van der Waals surface area (Å²) in [6.07, 6.45) is 2.72. The van der Waals surface area contributed by atoms with E-state index in [0.717, 1.165) is 49.7 Å². The maximum absolute atomic E-state index is 12.4. The molecule has 1 atom stereocenters. The zero-order valence-corrected chi connectivity index (χ0v) is 14.9. The van der Waals surface area contributed by atoms with E-state index in [2.05, 4.69) is 5.32 Å². The molecule has 3 rings (SSSR count). The number of hydrogen-bond donors (Lipinski definition) is 1. The van der Waals surface area contributed by atoms with Crippen LogP contribution in [-0.4, -0.2) is 54.1 Å². The number of hydrogen-bond acceptors (Lipinski definition) is 4. The number of amides is 1. The third-order valence-electron chi connectivity index (χ3n) is 4.26. The molecule has 0 aliphatic carbocycles. The fourth-order valence-corrected chi connectivity index (χ4v) is 3.95. The van der Waals surface area contributed by atoms with Crippen LogP contribution in [0.25, 0.3) is 0 Å². The van der Waals surface area contributed by atoms with Crippen LogP contribution in [0.3, 0.4) is 0 Å². The molecule has 1 amide bonds. The summed E-state index contributed by atoms with van der Waals surface area (Å²) in [5.74, 6) is 3.43. The Balaban J connectivity index is 0.00000192. The van der Waals surface area contributed by atoms with Gasteiger partial charge >= 0.3 is 0 Å². The van der Waals surface area contributed by atoms with Crippen molar-refractivity contribution in [2.75, 3.05) is 31.1 Å². The number of thioether (sulfide) groups is 1. The fourth-order valence-electron chi connectivity index (χ4n) is 3.01. The quantitative estimate of drug-likeness (QED) is 0.900. The first-order chi connectivity index (χ1) is 10.8. The molecule has 6 heteroatoms. The van der Waals surface area contributed by atoms with Crippen molar-refractivity contribution in [1.82, 2.24) is 10.2 Å². The van der Waals surface area contributed by atoms with Crippen LogP contribution in [0.4, 0.5) is 0 Å². The summed E-state index contributed by atoms with van der Waals surface area (Å²) in [6, 6.07) is 10.3. The second-order valence-electron chi connectivity index (χ2n) is 5.94. The summed E-state index contributed by atoms with van der Waals surface area (Å²) in [6.45, 7) is 2.65. The number of para-hydroxylation sites is 1. The summed E-state index contributed by atoms with van der Waals surface area (Å²) in [5, 5.41) is 3.44. The number of benzene rings is 1. The third-order valence-corrected chi connectivity index (χ3v) is 5.39. The number of nitrogens with one attached hydrogen (secondary N) is 1. The lowest BCUT2D eigenvalue weighted by Gasteiger charge is -2.33. The molecule has 128 valence electrons. The van der Waals surface area contributed by atoms with Gasteiger partial charge in [0.1, 0.15) is 11.9 Å². The molecule has 1 unspecified atom stereocenters. The smallest absolute Gasteiger partial charge is 0.224 e. The van der Waals surface area contributed by atoms with Crippen molar-refractivity contribution in [3.63, 3.8) is 0 Å². The van der Waals surface area contributed by atoms with Crippen molar-refractivity contribution < 1.29 is 9.53 Å². The summed E-state index contributed by atoms with van der Waals surface area (Å²) in [5.41, 5.74) is 0. The lowest BCUT2D eigenvalue weighted by atomic mass is 10.1. The Kier molecular flexibility index (Phi) is 7.53. The van der Waals surface area contributed by atoms with Crippen LogP contribution in [0.1, 0.15) is 19.3 Å². The van der Waals surface area contributed by atoms with E-state index >= 15 is 0 Å². The van der Waals surface area contributed by atoms with Gasteiger partial charge in [-0.05, 0) is 12.1 Å². The summed E-state index contributed by atoms with van der Waals surface area (Å²) >= 11 is 1.94. The first-order valence-electron chi connectivity index (χ1n) is 8.12. The van der Waals surface area contributed by atoms with E-state index in [1.54, 1.807) is 0 Å². The van der Waals surface area contributed by atoms with Gasteiger partial charge in [0, 0.05) is 56.4 Å². The molecule has 23 heavy (non-hydrogen) atoms. The highest BCUT2D eigenvalue weighted by Crippen LogP contribution is 2.20. The number of ether oxygens (including phenoxy) is 1. The molecule has 1 N–H and O–H groups in total. The SMILES string of the molecule is Cl.O=C(CC1CSCCN1)N1CCC(Oc2ccccc2)CC1. The van der Waals surface area contributed by atoms with Crippen LogP contribution in [0.2, 0.25) is 0 Å². The Labute approximate surface area is 148 Å². The molecule has 1 aromatic rings. The number of carbonyl (C=O) groups is 1. The average molecular weight is 357 g/mol. The maximum Gasteiger partial charge on any atom is 0.224 e. The van der Waals surface area contributed by atoms with Gasteiger partial charge in [-0.2, -0.15) is 11.8 Å². The zero-order chi connectivity index (χ0) is 15.2. The number of rotatable bonds is 4. The van der Waals surface area contributed by atoms with E-state index in [9.17, 15) is 4.79 Å². The van der Waals surface area contributed by atoms with Crippen LogP contribution in [-0.2, 0) is 4.79 Å². The number of halogens is 1. The lowest BCUT2D eigenvalue weighted by molar-refractivity contribution is -0.133. The first-order valence-corrected chi connectivity index (χ1v) is 9.27. The van der Waals surface area contributed by atoms with Gasteiger partial charge < -0.3 is 15.0 Å². The Morgan fingerprint density at radius 3 is 2.65 bits per heavy atom. The summed E-state index contributed by atoms with van der Waals surface area (Å²) in [7, 11) is 0. The van der Waals surface area contributed by atoms with Gasteiger partial charge in [-0.3, -0.25) is 4.79 Å². The van der Waals surface area contributed by atoms with Gasteiger partial charge in [0.15, 0.2) is 0 Å². The predicted octanol–water partition coefficient (Wildman–Crippen LogP) is 2.57. The van der Waals surface area contributed by atoms with Crippen molar-refractivity contribution in [1.29, 1.82) is 0 Å². The molecule has 2 aliphatic heterocycles. The molecular weight excluding hydrogens is 332 g/mol. The van der Waals surface area contributed by atoms with Crippen LogP contribution < -0.4 is 10.1 Å². The molecule has 0 bridgehead atoms. The summed E-state index contributed by atoms with van der Waals surface area (Å²) in [4.78, 5) is 14.4. The molecule has 4 nitrogen and oxygen atoms in total. The van der Waals surface area contributed by atoms with E-state index in [1.807, 2.05) is 47.0 Å². The number of likely N-dealkylation sites (tertiary alicyclic amines) is 1. The normalized spacial score (nSPS) is 22.3. The standard InChI is InChI=1S/C17H24N2O2S.ClH/c20-17(12-14-13-22-11-8-18-14)19-9-6-16(7-10-19)21-15-4-2-1-3-5-15;/h1-5,14,16,18H,6-13H2;1H. The van der Waals surface area contributed by atoms with E-state index in [4.69, 9.17) is 4.74 Å². The van der Waals surface area contributed by atoms with E-state index in [0.29, 0.717) is 12.5 Å². The Morgan fingerprint density at radius 1 is 1.26 bits per heavy atom. The van der Waals surface area contributed by atoms with Crippen LogP contribution in [0.5, 0.6) is 5.75 Å². The topological polar surface area (TPSA) is 41.6 Å². The zero-order valence-electron chi connectivity index (χ0n) is 13.3. The average Bonchev–Trinajstić information content (AvgIpc) is 2.57. The van der Waals surface area contributed by atoms with E-state index < -0.39 is 0 Å². The molecule has 0 radical (unpaired) electrons. The first kappa shape index (κ1) is 18.4. The summed E-state index contributed by atoms with van der Waals surface area (Å²) < 4.78 is 5.98. The highest BCUT2D eigenvalue weighted by atomic mass is 35.5. The molecular formula is C17H25ClN2O2S. The highest BCUT2D eigenvalue weighted by molar-refractivity contribution is 7.99. The van der Waals surface area contributed by atoms with Crippen molar-refractivity contribution in [3.05, 3.63) is 30.3 Å². The molecule has 0 spiro atoms. The molecule has 1 aromatic carbocycles. The predicted molar refractivity (Wildman–Crippen MR) is 97.7 cm³/mol. The second kappa shape index (κ2) is 9.40. The fraction of sp³-hybridized carbons (Fsp3) is 0.588. The third kappa shape index (κ3) is 5.59. The van der Waals surface area contributed by atoms with Crippen LogP contribution in [0, 0.1) is 0 Å². The van der Waals surface area contributed by atoms with Crippen LogP contribution >= 0.6 is 24.2 Å².